The van der Waals surface area contributed by atoms with Gasteiger partial charge in [-0.25, -0.2) is 4.98 Å². The minimum atomic E-state index is -0.395. The molecule has 0 saturated heterocycles. The molecule has 0 amide bonds. The van der Waals surface area contributed by atoms with Crippen molar-refractivity contribution < 1.29 is 4.92 Å². The van der Waals surface area contributed by atoms with Crippen LogP contribution in [0.1, 0.15) is 18.9 Å². The first-order chi connectivity index (χ1) is 8.08. The second-order valence-electron chi connectivity index (χ2n) is 3.84. The Bertz CT molecular complexity index is 398. The first-order valence-electron chi connectivity index (χ1n) is 5.45. The van der Waals surface area contributed by atoms with E-state index in [1.807, 2.05) is 13.2 Å². The van der Waals surface area contributed by atoms with Gasteiger partial charge in [0.25, 0.3) is 0 Å². The van der Waals surface area contributed by atoms with Crippen LogP contribution in [0.3, 0.4) is 0 Å². The van der Waals surface area contributed by atoms with Gasteiger partial charge in [0, 0.05) is 24.1 Å². The van der Waals surface area contributed by atoms with Crippen molar-refractivity contribution in [2.24, 2.45) is 0 Å². The summed E-state index contributed by atoms with van der Waals surface area (Å²) in [5.41, 5.74) is 0.838. The quantitative estimate of drug-likeness (QED) is 0.625. The maximum atomic E-state index is 10.9. The zero-order valence-corrected chi connectivity index (χ0v) is 11.1. The average molecular weight is 255 g/mol. The number of nitrogens with zero attached hydrogens (tertiary/aromatic N) is 2. The monoisotopic (exact) mass is 255 g/mol. The molecule has 6 heteroatoms. The zero-order valence-electron chi connectivity index (χ0n) is 10.3. The van der Waals surface area contributed by atoms with E-state index < -0.39 is 4.92 Å². The van der Waals surface area contributed by atoms with Gasteiger partial charge >= 0.3 is 5.69 Å². The van der Waals surface area contributed by atoms with Crippen molar-refractivity contribution in [3.8, 4) is 0 Å². The number of aryl methyl sites for hydroxylation is 1. The fraction of sp³-hybridized carbons (Fsp3) is 0.545. The van der Waals surface area contributed by atoms with Gasteiger partial charge in [0.2, 0.25) is 5.82 Å². The minimum Gasteiger partial charge on any atom is -0.361 e. The van der Waals surface area contributed by atoms with Gasteiger partial charge in [-0.15, -0.1) is 0 Å². The van der Waals surface area contributed by atoms with Gasteiger partial charge in [0.05, 0.1) is 4.92 Å². The molecule has 0 bridgehead atoms. The molecule has 1 N–H and O–H groups in total. The summed E-state index contributed by atoms with van der Waals surface area (Å²) in [7, 11) is 0. The van der Waals surface area contributed by atoms with E-state index in [1.54, 1.807) is 30.9 Å². The topological polar surface area (TPSA) is 68.1 Å². The fourth-order valence-corrected chi connectivity index (χ4v) is 2.18. The normalized spacial score (nSPS) is 12.2. The lowest BCUT2D eigenvalue weighted by Gasteiger charge is -2.16. The van der Waals surface area contributed by atoms with E-state index in [4.69, 9.17) is 0 Å². The Morgan fingerprint density at radius 1 is 1.65 bits per heavy atom. The Hall–Kier alpha value is -1.30. The summed E-state index contributed by atoms with van der Waals surface area (Å²) in [6.45, 7) is 3.84. The average Bonchev–Trinajstić information content (AvgIpc) is 2.30. The van der Waals surface area contributed by atoms with Crippen LogP contribution in [0.5, 0.6) is 0 Å². The van der Waals surface area contributed by atoms with E-state index in [1.165, 1.54) is 0 Å². The van der Waals surface area contributed by atoms with Crippen LogP contribution in [0, 0.1) is 17.0 Å². The molecule has 0 saturated carbocycles. The number of nitrogens with one attached hydrogen (secondary N) is 1. The van der Waals surface area contributed by atoms with Crippen LogP contribution in [-0.2, 0) is 0 Å². The molecule has 1 rings (SSSR count). The molecule has 0 aliphatic heterocycles. The van der Waals surface area contributed by atoms with Gasteiger partial charge in [-0.2, -0.15) is 11.8 Å². The Kier molecular flexibility index (Phi) is 5.21. The lowest BCUT2D eigenvalue weighted by molar-refractivity contribution is -0.384. The highest BCUT2D eigenvalue weighted by molar-refractivity contribution is 7.98. The lowest BCUT2D eigenvalue weighted by Crippen LogP contribution is -2.22. The number of pyridine rings is 1. The first-order valence-corrected chi connectivity index (χ1v) is 6.84. The Morgan fingerprint density at radius 3 is 2.88 bits per heavy atom. The molecule has 17 heavy (non-hydrogen) atoms. The molecule has 0 spiro atoms. The van der Waals surface area contributed by atoms with Crippen molar-refractivity contribution in [1.82, 2.24) is 4.98 Å². The van der Waals surface area contributed by atoms with Crippen LogP contribution in [0.15, 0.2) is 12.3 Å². The molecule has 1 aromatic rings. The number of aromatic nitrogens is 1. The molecule has 0 aliphatic carbocycles. The number of hydrogen-bond acceptors (Lipinski definition) is 5. The van der Waals surface area contributed by atoms with Crippen molar-refractivity contribution in [3.63, 3.8) is 0 Å². The number of hydrogen-bond donors (Lipinski definition) is 1. The first kappa shape index (κ1) is 13.8. The van der Waals surface area contributed by atoms with Crippen LogP contribution in [0.25, 0.3) is 0 Å². The van der Waals surface area contributed by atoms with Crippen molar-refractivity contribution in [2.45, 2.75) is 26.3 Å². The summed E-state index contributed by atoms with van der Waals surface area (Å²) < 4.78 is 0. The van der Waals surface area contributed by atoms with Gasteiger partial charge in [0.15, 0.2) is 0 Å². The Balaban J connectivity index is 2.92. The van der Waals surface area contributed by atoms with Crippen LogP contribution < -0.4 is 5.32 Å². The minimum absolute atomic E-state index is 0.0459. The number of rotatable bonds is 6. The van der Waals surface area contributed by atoms with Gasteiger partial charge in [-0.1, -0.05) is 6.92 Å². The summed E-state index contributed by atoms with van der Waals surface area (Å²) in [5.74, 6) is 1.27. The Morgan fingerprint density at radius 2 is 2.35 bits per heavy atom. The van der Waals surface area contributed by atoms with E-state index in [0.29, 0.717) is 5.82 Å². The number of thioether (sulfide) groups is 1. The summed E-state index contributed by atoms with van der Waals surface area (Å²) in [6.07, 6.45) is 4.57. The third-order valence-electron chi connectivity index (χ3n) is 2.40. The predicted octanol–water partition coefficient (Wildman–Crippen LogP) is 2.85. The number of nitro groups is 1. The molecule has 0 fully saturated rings. The summed E-state index contributed by atoms with van der Waals surface area (Å²) in [6, 6.07) is 1.75. The van der Waals surface area contributed by atoms with Gasteiger partial charge < -0.3 is 5.32 Å². The second-order valence-corrected chi connectivity index (χ2v) is 4.75. The zero-order chi connectivity index (χ0) is 12.8. The highest BCUT2D eigenvalue weighted by Crippen LogP contribution is 2.23. The van der Waals surface area contributed by atoms with Crippen LogP contribution >= 0.6 is 11.8 Å². The maximum absolute atomic E-state index is 10.9. The molecular weight excluding hydrogens is 238 g/mol. The SMILES string of the molecule is CCC(CSC)Nc1ncc(C)cc1[N+](=O)[O-]. The second kappa shape index (κ2) is 6.44. The predicted molar refractivity (Wildman–Crippen MR) is 71.7 cm³/mol. The van der Waals surface area contributed by atoms with Crippen LogP contribution in [0.4, 0.5) is 11.5 Å². The summed E-state index contributed by atoms with van der Waals surface area (Å²) in [5, 5.41) is 14.1. The van der Waals surface area contributed by atoms with Gasteiger partial charge in [0.1, 0.15) is 0 Å². The maximum Gasteiger partial charge on any atom is 0.311 e. The molecular formula is C11H17N3O2S. The standard InChI is InChI=1S/C11H17N3O2S/c1-4-9(7-17-3)13-11-10(14(15)16)5-8(2)6-12-11/h5-6,9H,4,7H2,1-3H3,(H,12,13). The smallest absolute Gasteiger partial charge is 0.311 e. The molecule has 94 valence electrons. The van der Waals surface area contributed by atoms with E-state index in [-0.39, 0.29) is 11.7 Å². The molecule has 5 nitrogen and oxygen atoms in total. The van der Waals surface area contributed by atoms with E-state index in [9.17, 15) is 10.1 Å². The van der Waals surface area contributed by atoms with Crippen LogP contribution in [0.2, 0.25) is 0 Å². The molecule has 1 heterocycles. The lowest BCUT2D eigenvalue weighted by atomic mass is 10.2. The molecule has 1 aromatic heterocycles. The molecule has 0 aromatic carbocycles. The fourth-order valence-electron chi connectivity index (χ4n) is 1.46. The van der Waals surface area contributed by atoms with Gasteiger partial charge in [-0.05, 0) is 25.2 Å². The van der Waals surface area contributed by atoms with E-state index >= 15 is 0 Å². The summed E-state index contributed by atoms with van der Waals surface area (Å²) in [4.78, 5) is 14.6. The van der Waals surface area contributed by atoms with Crippen molar-refractivity contribution >= 4 is 23.3 Å². The number of anilines is 1. The third kappa shape index (κ3) is 3.89. The van der Waals surface area contributed by atoms with Crippen molar-refractivity contribution in [3.05, 3.63) is 27.9 Å². The van der Waals surface area contributed by atoms with E-state index in [2.05, 4.69) is 10.3 Å². The van der Waals surface area contributed by atoms with Crippen molar-refractivity contribution in [2.75, 3.05) is 17.3 Å². The van der Waals surface area contributed by atoms with Crippen LogP contribution in [-0.4, -0.2) is 28.0 Å². The van der Waals surface area contributed by atoms with Crippen molar-refractivity contribution in [1.29, 1.82) is 0 Å². The highest BCUT2D eigenvalue weighted by Gasteiger charge is 2.17. The molecule has 1 unspecified atom stereocenters. The highest BCUT2D eigenvalue weighted by atomic mass is 32.2. The third-order valence-corrected chi connectivity index (χ3v) is 3.14. The largest absolute Gasteiger partial charge is 0.361 e. The van der Waals surface area contributed by atoms with E-state index in [0.717, 1.165) is 17.7 Å². The van der Waals surface area contributed by atoms with Gasteiger partial charge in [-0.3, -0.25) is 10.1 Å². The molecule has 0 radical (unpaired) electrons. The molecule has 0 aliphatic rings. The Labute approximate surface area is 105 Å². The summed E-state index contributed by atoms with van der Waals surface area (Å²) >= 11 is 1.71. The molecule has 1 atom stereocenters.